The van der Waals surface area contributed by atoms with Crippen LogP contribution < -0.4 is 11.1 Å². The zero-order valence-electron chi connectivity index (χ0n) is 9.27. The van der Waals surface area contributed by atoms with E-state index in [0.717, 1.165) is 24.2 Å². The monoisotopic (exact) mass is 254 g/mol. The first kappa shape index (κ1) is 11.9. The third-order valence-corrected chi connectivity index (χ3v) is 4.48. The summed E-state index contributed by atoms with van der Waals surface area (Å²) in [6.07, 6.45) is 0.687. The molecule has 6 heteroatoms. The van der Waals surface area contributed by atoms with Gasteiger partial charge in [0, 0.05) is 18.7 Å². The molecule has 0 radical (unpaired) electrons. The molecule has 2 rings (SSSR count). The molecule has 0 aliphatic carbocycles. The van der Waals surface area contributed by atoms with Gasteiger partial charge in [0.15, 0.2) is 9.84 Å². The zero-order chi connectivity index (χ0) is 12.5. The van der Waals surface area contributed by atoms with E-state index in [2.05, 4.69) is 5.32 Å². The van der Waals surface area contributed by atoms with Gasteiger partial charge >= 0.3 is 0 Å². The van der Waals surface area contributed by atoms with Crippen molar-refractivity contribution in [2.45, 2.75) is 17.7 Å². The van der Waals surface area contributed by atoms with Crippen molar-refractivity contribution < 1.29 is 13.2 Å². The van der Waals surface area contributed by atoms with Crippen molar-refractivity contribution in [3.05, 3.63) is 23.8 Å². The molecule has 1 aromatic rings. The highest BCUT2D eigenvalue weighted by Gasteiger charge is 2.18. The van der Waals surface area contributed by atoms with E-state index in [4.69, 9.17) is 5.73 Å². The highest BCUT2D eigenvalue weighted by atomic mass is 32.2. The van der Waals surface area contributed by atoms with Gasteiger partial charge < -0.3 is 11.1 Å². The minimum atomic E-state index is -3.41. The quantitative estimate of drug-likeness (QED) is 0.809. The van der Waals surface area contributed by atoms with Crippen LogP contribution in [-0.4, -0.2) is 26.6 Å². The molecule has 0 atom stereocenters. The maximum absolute atomic E-state index is 11.9. The standard InChI is InChI=1S/C11H14N2O3S/c12-11(14)4-6-17(15,16)9-1-2-10-8(7-9)3-5-13-10/h1-2,7,13H,3-6H2,(H2,12,14). The highest BCUT2D eigenvalue weighted by molar-refractivity contribution is 7.91. The maximum atomic E-state index is 11.9. The Hall–Kier alpha value is -1.56. The summed E-state index contributed by atoms with van der Waals surface area (Å²) in [7, 11) is -3.41. The first-order valence-corrected chi connectivity index (χ1v) is 7.02. The van der Waals surface area contributed by atoms with Crippen LogP contribution >= 0.6 is 0 Å². The second-order valence-electron chi connectivity index (χ2n) is 4.03. The molecule has 0 saturated heterocycles. The largest absolute Gasteiger partial charge is 0.384 e. The second-order valence-corrected chi connectivity index (χ2v) is 6.14. The lowest BCUT2D eigenvalue weighted by atomic mass is 10.2. The lowest BCUT2D eigenvalue weighted by molar-refractivity contribution is -0.117. The molecule has 0 aromatic heterocycles. The number of hydrogen-bond donors (Lipinski definition) is 2. The molecule has 3 N–H and O–H groups in total. The highest BCUT2D eigenvalue weighted by Crippen LogP contribution is 2.25. The smallest absolute Gasteiger partial charge is 0.218 e. The van der Waals surface area contributed by atoms with Crippen LogP contribution in [0.2, 0.25) is 0 Å². The molecule has 0 spiro atoms. The van der Waals surface area contributed by atoms with E-state index in [1.54, 1.807) is 18.2 Å². The Morgan fingerprint density at radius 3 is 2.88 bits per heavy atom. The fourth-order valence-electron chi connectivity index (χ4n) is 1.83. The van der Waals surface area contributed by atoms with Crippen LogP contribution in [0.15, 0.2) is 23.1 Å². The summed E-state index contributed by atoms with van der Waals surface area (Å²) in [5.74, 6) is -0.828. The van der Waals surface area contributed by atoms with E-state index in [1.165, 1.54) is 0 Å². The Bertz CT molecular complexity index is 552. The number of sulfone groups is 1. The van der Waals surface area contributed by atoms with Crippen LogP contribution in [0, 0.1) is 0 Å². The number of rotatable bonds is 4. The molecule has 0 bridgehead atoms. The molecule has 0 unspecified atom stereocenters. The van der Waals surface area contributed by atoms with E-state index < -0.39 is 15.7 Å². The van der Waals surface area contributed by atoms with Crippen LogP contribution in [0.1, 0.15) is 12.0 Å². The zero-order valence-corrected chi connectivity index (χ0v) is 10.1. The number of amides is 1. The van der Waals surface area contributed by atoms with E-state index in [-0.39, 0.29) is 17.1 Å². The number of anilines is 1. The molecular formula is C11H14N2O3S. The molecule has 92 valence electrons. The number of carbonyl (C=O) groups excluding carboxylic acids is 1. The number of fused-ring (bicyclic) bond motifs is 1. The van der Waals surface area contributed by atoms with Crippen molar-refractivity contribution in [1.82, 2.24) is 0 Å². The normalized spacial score (nSPS) is 14.1. The number of carbonyl (C=O) groups is 1. The summed E-state index contributed by atoms with van der Waals surface area (Å²) in [4.78, 5) is 10.9. The Morgan fingerprint density at radius 2 is 2.18 bits per heavy atom. The fraction of sp³-hybridized carbons (Fsp3) is 0.364. The molecule has 1 amide bonds. The van der Waals surface area contributed by atoms with Gasteiger partial charge in [-0.3, -0.25) is 4.79 Å². The number of primary amides is 1. The van der Waals surface area contributed by atoms with Gasteiger partial charge in [-0.25, -0.2) is 8.42 Å². The summed E-state index contributed by atoms with van der Waals surface area (Å²) >= 11 is 0. The van der Waals surface area contributed by atoms with Gasteiger partial charge in [0.1, 0.15) is 0 Å². The first-order valence-electron chi connectivity index (χ1n) is 5.37. The van der Waals surface area contributed by atoms with Crippen molar-refractivity contribution in [1.29, 1.82) is 0 Å². The second kappa shape index (κ2) is 4.37. The van der Waals surface area contributed by atoms with Crippen LogP contribution in [0.5, 0.6) is 0 Å². The predicted octanol–water partition coefficient (Wildman–Crippen LogP) is 0.304. The Morgan fingerprint density at radius 1 is 1.41 bits per heavy atom. The van der Waals surface area contributed by atoms with Gasteiger partial charge in [0.2, 0.25) is 5.91 Å². The van der Waals surface area contributed by atoms with Gasteiger partial charge in [-0.15, -0.1) is 0 Å². The molecule has 0 fully saturated rings. The molecule has 0 saturated carbocycles. The first-order chi connectivity index (χ1) is 7.99. The SMILES string of the molecule is NC(=O)CCS(=O)(=O)c1ccc2c(c1)CCN2. The summed E-state index contributed by atoms with van der Waals surface area (Å²) in [6, 6.07) is 5.00. The van der Waals surface area contributed by atoms with Gasteiger partial charge in [-0.05, 0) is 30.2 Å². The molecular weight excluding hydrogens is 240 g/mol. The van der Waals surface area contributed by atoms with E-state index in [1.807, 2.05) is 0 Å². The Balaban J connectivity index is 2.24. The fourth-order valence-corrected chi connectivity index (χ4v) is 3.13. The Labute approximate surface area is 99.9 Å². The maximum Gasteiger partial charge on any atom is 0.218 e. The van der Waals surface area contributed by atoms with Crippen molar-refractivity contribution in [3.63, 3.8) is 0 Å². The third-order valence-electron chi connectivity index (χ3n) is 2.76. The van der Waals surface area contributed by atoms with Crippen molar-refractivity contribution in [3.8, 4) is 0 Å². The lowest BCUT2D eigenvalue weighted by Crippen LogP contribution is -2.17. The van der Waals surface area contributed by atoms with Crippen molar-refractivity contribution in [2.75, 3.05) is 17.6 Å². The van der Waals surface area contributed by atoms with Gasteiger partial charge in [-0.2, -0.15) is 0 Å². The molecule has 1 heterocycles. The number of benzene rings is 1. The molecule has 1 aromatic carbocycles. The van der Waals surface area contributed by atoms with Gasteiger partial charge in [0.05, 0.1) is 10.6 Å². The van der Waals surface area contributed by atoms with Crippen LogP contribution in [0.3, 0.4) is 0 Å². The van der Waals surface area contributed by atoms with Crippen molar-refractivity contribution >= 4 is 21.4 Å². The Kier molecular flexibility index (Phi) is 3.06. The average Bonchev–Trinajstić information content (AvgIpc) is 2.73. The average molecular weight is 254 g/mol. The van der Waals surface area contributed by atoms with Crippen LogP contribution in [0.25, 0.3) is 0 Å². The van der Waals surface area contributed by atoms with E-state index >= 15 is 0 Å². The summed E-state index contributed by atoms with van der Waals surface area (Å²) < 4.78 is 23.8. The number of nitrogens with one attached hydrogen (secondary N) is 1. The molecule has 5 nitrogen and oxygen atoms in total. The van der Waals surface area contributed by atoms with Crippen LogP contribution in [0.4, 0.5) is 5.69 Å². The lowest BCUT2D eigenvalue weighted by Gasteiger charge is -2.05. The summed E-state index contributed by atoms with van der Waals surface area (Å²) in [5, 5.41) is 3.16. The van der Waals surface area contributed by atoms with Gasteiger partial charge in [0.25, 0.3) is 0 Å². The van der Waals surface area contributed by atoms with Gasteiger partial charge in [-0.1, -0.05) is 0 Å². The van der Waals surface area contributed by atoms with Crippen LogP contribution in [-0.2, 0) is 21.1 Å². The molecule has 1 aliphatic heterocycles. The third kappa shape index (κ3) is 2.58. The molecule has 1 aliphatic rings. The molecule has 17 heavy (non-hydrogen) atoms. The topological polar surface area (TPSA) is 89.3 Å². The minimum Gasteiger partial charge on any atom is -0.384 e. The number of hydrogen-bond acceptors (Lipinski definition) is 4. The van der Waals surface area contributed by atoms with Crippen molar-refractivity contribution in [2.24, 2.45) is 5.73 Å². The minimum absolute atomic E-state index is 0.141. The predicted molar refractivity (Wildman–Crippen MR) is 64.5 cm³/mol. The van der Waals surface area contributed by atoms with E-state index in [0.29, 0.717) is 0 Å². The van der Waals surface area contributed by atoms with E-state index in [9.17, 15) is 13.2 Å². The summed E-state index contributed by atoms with van der Waals surface area (Å²) in [5.41, 5.74) is 6.94. The summed E-state index contributed by atoms with van der Waals surface area (Å²) in [6.45, 7) is 0.833. The number of nitrogens with two attached hydrogens (primary N) is 1.